The highest BCUT2D eigenvalue weighted by molar-refractivity contribution is 7.92. The van der Waals surface area contributed by atoms with E-state index in [4.69, 9.17) is 9.47 Å². The highest BCUT2D eigenvalue weighted by Gasteiger charge is 2.15. The van der Waals surface area contributed by atoms with Crippen molar-refractivity contribution < 1.29 is 17.9 Å². The summed E-state index contributed by atoms with van der Waals surface area (Å²) in [5.41, 5.74) is -0.0566. The van der Waals surface area contributed by atoms with Gasteiger partial charge in [-0.3, -0.25) is 9.52 Å². The van der Waals surface area contributed by atoms with Gasteiger partial charge in [-0.15, -0.1) is 0 Å². The van der Waals surface area contributed by atoms with Gasteiger partial charge in [0, 0.05) is 18.3 Å². The van der Waals surface area contributed by atoms with E-state index < -0.39 is 10.0 Å². The zero-order chi connectivity index (χ0) is 15.5. The third-order valence-electron chi connectivity index (χ3n) is 2.70. The van der Waals surface area contributed by atoms with Gasteiger partial charge in [0.1, 0.15) is 4.90 Å². The Hall–Kier alpha value is -2.48. The van der Waals surface area contributed by atoms with Gasteiger partial charge in [-0.25, -0.2) is 8.42 Å². The molecule has 7 nitrogen and oxygen atoms in total. The lowest BCUT2D eigenvalue weighted by Crippen LogP contribution is -2.15. The zero-order valence-electron chi connectivity index (χ0n) is 11.4. The number of hydrogen-bond acceptors (Lipinski definition) is 5. The van der Waals surface area contributed by atoms with Crippen LogP contribution >= 0.6 is 0 Å². The second-order valence-corrected chi connectivity index (χ2v) is 5.75. The number of H-pyrrole nitrogens is 1. The molecule has 0 aliphatic heterocycles. The van der Waals surface area contributed by atoms with Gasteiger partial charge in [-0.2, -0.15) is 0 Å². The lowest BCUT2D eigenvalue weighted by atomic mass is 10.3. The van der Waals surface area contributed by atoms with Gasteiger partial charge >= 0.3 is 0 Å². The molecule has 0 saturated heterocycles. The summed E-state index contributed by atoms with van der Waals surface area (Å²) in [6.07, 6.45) is 1.13. The van der Waals surface area contributed by atoms with E-state index in [2.05, 4.69) is 9.71 Å². The molecule has 0 amide bonds. The van der Waals surface area contributed by atoms with Crippen LogP contribution < -0.4 is 19.8 Å². The van der Waals surface area contributed by atoms with E-state index in [1.54, 1.807) is 12.1 Å². The van der Waals surface area contributed by atoms with Crippen LogP contribution in [0.15, 0.2) is 46.2 Å². The fourth-order valence-corrected chi connectivity index (χ4v) is 2.69. The monoisotopic (exact) mass is 310 g/mol. The van der Waals surface area contributed by atoms with Crippen LogP contribution in [-0.4, -0.2) is 27.6 Å². The number of aromatic nitrogens is 1. The quantitative estimate of drug-likeness (QED) is 0.864. The van der Waals surface area contributed by atoms with Crippen LogP contribution in [0.5, 0.6) is 11.5 Å². The average Bonchev–Trinajstić information content (AvgIpc) is 2.47. The lowest BCUT2D eigenvalue weighted by molar-refractivity contribution is 0.355. The molecule has 0 atom stereocenters. The van der Waals surface area contributed by atoms with E-state index in [0.717, 1.165) is 12.3 Å². The molecule has 0 fully saturated rings. The molecule has 2 N–H and O–H groups in total. The molecular formula is C13H14N2O5S. The molecule has 1 aromatic heterocycles. The second-order valence-electron chi connectivity index (χ2n) is 4.06. The molecule has 112 valence electrons. The molecule has 0 spiro atoms. The summed E-state index contributed by atoms with van der Waals surface area (Å²) in [5.74, 6) is 0.892. The van der Waals surface area contributed by atoms with Gasteiger partial charge in [-0.1, -0.05) is 0 Å². The van der Waals surface area contributed by atoms with Crippen LogP contribution in [0.2, 0.25) is 0 Å². The molecule has 0 radical (unpaired) electrons. The number of rotatable bonds is 5. The van der Waals surface area contributed by atoms with Crippen molar-refractivity contribution in [2.24, 2.45) is 0 Å². The first-order chi connectivity index (χ1) is 9.96. The van der Waals surface area contributed by atoms with Gasteiger partial charge in [0.05, 0.1) is 19.9 Å². The van der Waals surface area contributed by atoms with Crippen LogP contribution in [0.1, 0.15) is 0 Å². The Kier molecular flexibility index (Phi) is 4.18. The first-order valence-electron chi connectivity index (χ1n) is 5.90. The zero-order valence-corrected chi connectivity index (χ0v) is 12.2. The van der Waals surface area contributed by atoms with E-state index in [1.807, 2.05) is 0 Å². The summed E-state index contributed by atoms with van der Waals surface area (Å²) in [6.45, 7) is 0. The highest BCUT2D eigenvalue weighted by atomic mass is 32.2. The van der Waals surface area contributed by atoms with E-state index in [0.29, 0.717) is 17.2 Å². The first-order valence-corrected chi connectivity index (χ1v) is 7.38. The molecule has 21 heavy (non-hydrogen) atoms. The van der Waals surface area contributed by atoms with Crippen molar-refractivity contribution in [1.82, 2.24) is 4.98 Å². The minimum absolute atomic E-state index is 0.0446. The standard InChI is InChI=1S/C13H14N2O5S/c1-19-11-5-3-9(7-12(11)20-2)15-21(17,18)10-4-6-13(16)14-8-10/h3-8,15H,1-2H3,(H,14,16). The SMILES string of the molecule is COc1ccc(NS(=O)(=O)c2ccc(=O)[nH]c2)cc1OC. The molecule has 1 heterocycles. The number of pyridine rings is 1. The average molecular weight is 310 g/mol. The number of nitrogens with one attached hydrogen (secondary N) is 2. The molecule has 2 aromatic rings. The van der Waals surface area contributed by atoms with E-state index in [9.17, 15) is 13.2 Å². The number of aromatic amines is 1. The Bertz CT molecular complexity index is 778. The van der Waals surface area contributed by atoms with Crippen LogP contribution in [0, 0.1) is 0 Å². The lowest BCUT2D eigenvalue weighted by Gasteiger charge is -2.11. The summed E-state index contributed by atoms with van der Waals surface area (Å²) < 4.78 is 36.9. The van der Waals surface area contributed by atoms with Gasteiger partial charge in [0.25, 0.3) is 10.0 Å². The molecule has 0 unspecified atom stereocenters. The van der Waals surface area contributed by atoms with Gasteiger partial charge < -0.3 is 14.5 Å². The summed E-state index contributed by atoms with van der Waals surface area (Å²) in [6, 6.07) is 7.00. The Morgan fingerprint density at radius 1 is 1.05 bits per heavy atom. The van der Waals surface area contributed by atoms with Crippen LogP contribution in [-0.2, 0) is 10.0 Å². The van der Waals surface area contributed by atoms with Gasteiger partial charge in [-0.05, 0) is 18.2 Å². The summed E-state index contributed by atoms with van der Waals surface area (Å²) in [4.78, 5) is 13.2. The fourth-order valence-electron chi connectivity index (χ4n) is 1.68. The predicted molar refractivity (Wildman–Crippen MR) is 77.4 cm³/mol. The second kappa shape index (κ2) is 5.88. The topological polar surface area (TPSA) is 97.5 Å². The number of anilines is 1. The third kappa shape index (κ3) is 3.34. The van der Waals surface area contributed by atoms with Crippen LogP contribution in [0.3, 0.4) is 0 Å². The number of sulfonamides is 1. The van der Waals surface area contributed by atoms with Crippen molar-refractivity contribution in [2.75, 3.05) is 18.9 Å². The van der Waals surface area contributed by atoms with E-state index in [-0.39, 0.29) is 10.5 Å². The molecule has 8 heteroatoms. The summed E-state index contributed by atoms with van der Waals surface area (Å²) in [7, 11) is -0.847. The third-order valence-corrected chi connectivity index (χ3v) is 4.08. The van der Waals surface area contributed by atoms with Crippen molar-refractivity contribution in [3.8, 4) is 11.5 Å². The maximum absolute atomic E-state index is 12.2. The van der Waals surface area contributed by atoms with Gasteiger partial charge in [0.15, 0.2) is 11.5 Å². The molecule has 0 bridgehead atoms. The Morgan fingerprint density at radius 3 is 2.33 bits per heavy atom. The molecule has 2 rings (SSSR count). The molecule has 1 aromatic carbocycles. The Labute approximate surface area is 121 Å². The minimum Gasteiger partial charge on any atom is -0.493 e. The molecule has 0 aliphatic rings. The Morgan fingerprint density at radius 2 is 1.76 bits per heavy atom. The van der Waals surface area contributed by atoms with Gasteiger partial charge in [0.2, 0.25) is 5.56 Å². The van der Waals surface area contributed by atoms with Crippen molar-refractivity contribution in [1.29, 1.82) is 0 Å². The summed E-state index contributed by atoms with van der Waals surface area (Å²) in [5, 5.41) is 0. The van der Waals surface area contributed by atoms with Crippen molar-refractivity contribution in [3.05, 3.63) is 46.9 Å². The maximum atomic E-state index is 12.2. The summed E-state index contributed by atoms with van der Waals surface area (Å²) >= 11 is 0. The number of hydrogen-bond donors (Lipinski definition) is 2. The maximum Gasteiger partial charge on any atom is 0.263 e. The number of methoxy groups -OCH3 is 2. The highest BCUT2D eigenvalue weighted by Crippen LogP contribution is 2.30. The largest absolute Gasteiger partial charge is 0.493 e. The number of ether oxygens (including phenoxy) is 2. The smallest absolute Gasteiger partial charge is 0.263 e. The normalized spacial score (nSPS) is 11.0. The van der Waals surface area contributed by atoms with Crippen molar-refractivity contribution >= 4 is 15.7 Å². The molecular weight excluding hydrogens is 296 g/mol. The van der Waals surface area contributed by atoms with Crippen molar-refractivity contribution in [2.45, 2.75) is 4.90 Å². The Balaban J connectivity index is 2.32. The van der Waals surface area contributed by atoms with Crippen LogP contribution in [0.25, 0.3) is 0 Å². The number of benzene rings is 1. The van der Waals surface area contributed by atoms with E-state index >= 15 is 0 Å². The van der Waals surface area contributed by atoms with Crippen molar-refractivity contribution in [3.63, 3.8) is 0 Å². The first kappa shape index (κ1) is 14.9. The van der Waals surface area contributed by atoms with Crippen LogP contribution in [0.4, 0.5) is 5.69 Å². The fraction of sp³-hybridized carbons (Fsp3) is 0.154. The molecule has 0 saturated carbocycles. The minimum atomic E-state index is -3.79. The molecule has 0 aliphatic carbocycles. The van der Waals surface area contributed by atoms with E-state index in [1.165, 1.54) is 26.4 Å². The predicted octanol–water partition coefficient (Wildman–Crippen LogP) is 1.19.